The second kappa shape index (κ2) is 5.42. The minimum absolute atomic E-state index is 1.05. The first kappa shape index (κ1) is 10.8. The number of hydrogen-bond acceptors (Lipinski definition) is 1. The molecule has 1 heteroatoms. The lowest BCUT2D eigenvalue weighted by Gasteiger charge is -2.15. The van der Waals surface area contributed by atoms with Gasteiger partial charge in [-0.2, -0.15) is 0 Å². The second-order valence-corrected chi connectivity index (χ2v) is 2.64. The van der Waals surface area contributed by atoms with Crippen molar-refractivity contribution >= 4 is 0 Å². The van der Waals surface area contributed by atoms with Crippen molar-refractivity contribution in [3.63, 3.8) is 0 Å². The molecule has 1 nitrogen and oxygen atoms in total. The highest BCUT2D eigenvalue weighted by atomic mass is 15.1. The summed E-state index contributed by atoms with van der Waals surface area (Å²) in [7, 11) is 4.00. The molecule has 0 amide bonds. The van der Waals surface area contributed by atoms with Gasteiger partial charge in [-0.05, 0) is 18.6 Å². The molecule has 0 atom stereocenters. The van der Waals surface area contributed by atoms with Gasteiger partial charge in [0.2, 0.25) is 0 Å². The molecule has 0 aliphatic heterocycles. The molecule has 12 heavy (non-hydrogen) atoms. The van der Waals surface area contributed by atoms with Crippen LogP contribution in [0.25, 0.3) is 0 Å². The maximum Gasteiger partial charge on any atom is 0.0430 e. The van der Waals surface area contributed by atoms with Gasteiger partial charge in [0.25, 0.3) is 0 Å². The Labute approximate surface area is 75.4 Å². The monoisotopic (exact) mass is 163 g/mol. The van der Waals surface area contributed by atoms with Gasteiger partial charge in [0.05, 0.1) is 0 Å². The van der Waals surface area contributed by atoms with E-state index in [1.165, 1.54) is 0 Å². The van der Waals surface area contributed by atoms with Crippen LogP contribution < -0.4 is 0 Å². The summed E-state index contributed by atoms with van der Waals surface area (Å²) in [6, 6.07) is 0. The number of nitrogens with zero attached hydrogens (tertiary/aromatic N) is 1. The normalized spacial score (nSPS) is 9.58. The van der Waals surface area contributed by atoms with Crippen LogP contribution in [0.1, 0.15) is 6.92 Å². The third-order valence-electron chi connectivity index (χ3n) is 1.54. The fourth-order valence-electron chi connectivity index (χ4n) is 0.954. The van der Waals surface area contributed by atoms with E-state index in [1.807, 2.05) is 50.2 Å². The molecule has 0 unspecified atom stereocenters. The fraction of sp³-hybridized carbons (Fsp3) is 0.273. The van der Waals surface area contributed by atoms with E-state index in [0.717, 1.165) is 11.3 Å². The van der Waals surface area contributed by atoms with Gasteiger partial charge < -0.3 is 4.90 Å². The largest absolute Gasteiger partial charge is 0.377 e. The van der Waals surface area contributed by atoms with Crippen molar-refractivity contribution in [3.8, 4) is 0 Å². The summed E-state index contributed by atoms with van der Waals surface area (Å²) >= 11 is 0. The second-order valence-electron chi connectivity index (χ2n) is 2.64. The van der Waals surface area contributed by atoms with Crippen LogP contribution in [-0.2, 0) is 0 Å². The number of rotatable bonds is 4. The first-order valence-corrected chi connectivity index (χ1v) is 3.96. The van der Waals surface area contributed by atoms with Crippen molar-refractivity contribution in [2.24, 2.45) is 0 Å². The molecule has 0 N–H and O–H groups in total. The van der Waals surface area contributed by atoms with Crippen LogP contribution in [0.3, 0.4) is 0 Å². The van der Waals surface area contributed by atoms with Crippen molar-refractivity contribution in [1.82, 2.24) is 4.90 Å². The molecule has 0 aliphatic carbocycles. The predicted molar refractivity (Wildman–Crippen MR) is 55.9 cm³/mol. The Morgan fingerprint density at radius 1 is 1.17 bits per heavy atom. The zero-order valence-electron chi connectivity index (χ0n) is 8.17. The quantitative estimate of drug-likeness (QED) is 0.576. The molecule has 0 aromatic rings. The molecule has 0 heterocycles. The van der Waals surface area contributed by atoms with Gasteiger partial charge in [-0.15, -0.1) is 0 Å². The Morgan fingerprint density at radius 2 is 1.67 bits per heavy atom. The van der Waals surface area contributed by atoms with E-state index in [2.05, 4.69) is 13.2 Å². The highest BCUT2D eigenvalue weighted by Gasteiger charge is 1.98. The van der Waals surface area contributed by atoms with Crippen molar-refractivity contribution in [3.05, 3.63) is 48.7 Å². The topological polar surface area (TPSA) is 3.24 Å². The highest BCUT2D eigenvalue weighted by Crippen LogP contribution is 2.10. The Balaban J connectivity index is 5.01. The van der Waals surface area contributed by atoms with Crippen molar-refractivity contribution < 1.29 is 0 Å². The van der Waals surface area contributed by atoms with Gasteiger partial charge in [0.1, 0.15) is 0 Å². The SMILES string of the molecule is C=CC(C=C)=C(/C=C\C)N(C)C. The Morgan fingerprint density at radius 3 is 1.92 bits per heavy atom. The Hall–Kier alpha value is -1.24. The van der Waals surface area contributed by atoms with E-state index in [-0.39, 0.29) is 0 Å². The minimum Gasteiger partial charge on any atom is -0.377 e. The van der Waals surface area contributed by atoms with Crippen LogP contribution in [0.15, 0.2) is 48.7 Å². The molecule has 0 radical (unpaired) electrons. The lowest BCUT2D eigenvalue weighted by molar-refractivity contribution is 0.527. The van der Waals surface area contributed by atoms with Gasteiger partial charge in [-0.25, -0.2) is 0 Å². The third kappa shape index (κ3) is 2.79. The number of hydrogen-bond donors (Lipinski definition) is 0. The van der Waals surface area contributed by atoms with Gasteiger partial charge >= 0.3 is 0 Å². The molecule has 0 spiro atoms. The standard InChI is InChI=1S/C11H17N/c1-6-9-11(12(4)5)10(7-2)8-3/h6-9H,2-3H2,1,4-5H3/b9-6-. The molecule has 0 rings (SSSR count). The summed E-state index contributed by atoms with van der Waals surface area (Å²) in [6.45, 7) is 9.45. The van der Waals surface area contributed by atoms with Crippen molar-refractivity contribution in [2.75, 3.05) is 14.1 Å². The molecule has 0 aromatic heterocycles. The zero-order chi connectivity index (χ0) is 9.56. The lowest BCUT2D eigenvalue weighted by Crippen LogP contribution is -2.10. The molecular weight excluding hydrogens is 146 g/mol. The van der Waals surface area contributed by atoms with E-state index in [0.29, 0.717) is 0 Å². The molecule has 0 aliphatic rings. The van der Waals surface area contributed by atoms with Gasteiger partial charge in [0, 0.05) is 19.8 Å². The first-order chi connectivity index (χ1) is 5.67. The summed E-state index contributed by atoms with van der Waals surface area (Å²) in [6.07, 6.45) is 7.66. The average molecular weight is 163 g/mol. The maximum atomic E-state index is 3.73. The summed E-state index contributed by atoms with van der Waals surface area (Å²) in [5, 5.41) is 0. The van der Waals surface area contributed by atoms with Crippen molar-refractivity contribution in [2.45, 2.75) is 6.92 Å². The lowest BCUT2D eigenvalue weighted by atomic mass is 10.2. The molecule has 0 aromatic carbocycles. The minimum atomic E-state index is 1.05. The number of likely N-dealkylation sites (N-methyl/N-ethyl adjacent to an activating group) is 1. The van der Waals surface area contributed by atoms with Crippen LogP contribution in [0, 0.1) is 0 Å². The van der Waals surface area contributed by atoms with E-state index in [9.17, 15) is 0 Å². The summed E-state index contributed by atoms with van der Waals surface area (Å²) in [5.41, 5.74) is 2.18. The van der Waals surface area contributed by atoms with Crippen molar-refractivity contribution in [1.29, 1.82) is 0 Å². The van der Waals surface area contributed by atoms with E-state index in [4.69, 9.17) is 0 Å². The predicted octanol–water partition coefficient (Wildman–Crippen LogP) is 2.75. The van der Waals surface area contributed by atoms with Crippen LogP contribution >= 0.6 is 0 Å². The van der Waals surface area contributed by atoms with Crippen LogP contribution in [0.4, 0.5) is 0 Å². The van der Waals surface area contributed by atoms with E-state index < -0.39 is 0 Å². The van der Waals surface area contributed by atoms with Crippen LogP contribution in [0.2, 0.25) is 0 Å². The smallest absolute Gasteiger partial charge is 0.0430 e. The molecule has 66 valence electrons. The van der Waals surface area contributed by atoms with Crippen LogP contribution in [-0.4, -0.2) is 19.0 Å². The molecule has 0 saturated heterocycles. The van der Waals surface area contributed by atoms with Gasteiger partial charge in [-0.3, -0.25) is 0 Å². The first-order valence-electron chi connectivity index (χ1n) is 3.96. The number of allylic oxidation sites excluding steroid dienone is 5. The molecule has 0 fully saturated rings. The van der Waals surface area contributed by atoms with E-state index in [1.54, 1.807) is 0 Å². The summed E-state index contributed by atoms with van der Waals surface area (Å²) in [4.78, 5) is 2.04. The zero-order valence-corrected chi connectivity index (χ0v) is 8.17. The molecule has 0 saturated carbocycles. The van der Waals surface area contributed by atoms with Gasteiger partial charge in [-0.1, -0.05) is 31.4 Å². The molecular formula is C11H17N. The Bertz CT molecular complexity index is 209. The van der Waals surface area contributed by atoms with Gasteiger partial charge in [0.15, 0.2) is 0 Å². The third-order valence-corrected chi connectivity index (χ3v) is 1.54. The average Bonchev–Trinajstić information content (AvgIpc) is 2.05. The fourth-order valence-corrected chi connectivity index (χ4v) is 0.954. The van der Waals surface area contributed by atoms with E-state index >= 15 is 0 Å². The summed E-state index contributed by atoms with van der Waals surface area (Å²) < 4.78 is 0. The Kier molecular flexibility index (Phi) is 4.86. The summed E-state index contributed by atoms with van der Waals surface area (Å²) in [5.74, 6) is 0. The maximum absolute atomic E-state index is 3.73. The highest BCUT2D eigenvalue weighted by molar-refractivity contribution is 5.37. The van der Waals surface area contributed by atoms with Crippen LogP contribution in [0.5, 0.6) is 0 Å². The molecule has 0 bridgehead atoms.